The highest BCUT2D eigenvalue weighted by atomic mass is 35.5. The van der Waals surface area contributed by atoms with Gasteiger partial charge in [0, 0.05) is 60.8 Å². The van der Waals surface area contributed by atoms with Crippen LogP contribution in [-0.4, -0.2) is 54.0 Å². The first-order valence-electron chi connectivity index (χ1n) is 11.9. The molecule has 1 saturated carbocycles. The van der Waals surface area contributed by atoms with Crippen LogP contribution in [0.25, 0.3) is 0 Å². The Morgan fingerprint density at radius 3 is 2.56 bits per heavy atom. The van der Waals surface area contributed by atoms with E-state index < -0.39 is 0 Å². The van der Waals surface area contributed by atoms with E-state index in [4.69, 9.17) is 16.3 Å². The summed E-state index contributed by atoms with van der Waals surface area (Å²) < 4.78 is 5.84. The van der Waals surface area contributed by atoms with Gasteiger partial charge in [-0.3, -0.25) is 14.6 Å². The second-order valence-corrected chi connectivity index (χ2v) is 10.3. The van der Waals surface area contributed by atoms with Gasteiger partial charge < -0.3 is 20.3 Å². The molecular weight excluding hydrogens is 452 g/mol. The van der Waals surface area contributed by atoms with Crippen LogP contribution in [0.5, 0.6) is 5.75 Å². The van der Waals surface area contributed by atoms with E-state index >= 15 is 0 Å². The molecule has 1 fully saturated rings. The number of hydrogen-bond acceptors (Lipinski definition) is 5. The average molecular weight is 487 g/mol. The van der Waals surface area contributed by atoms with E-state index in [-0.39, 0.29) is 29.7 Å². The van der Waals surface area contributed by atoms with Crippen LogP contribution in [0.2, 0.25) is 5.02 Å². The number of amides is 2. The van der Waals surface area contributed by atoms with Gasteiger partial charge in [-0.15, -0.1) is 0 Å². The van der Waals surface area contributed by atoms with Crippen molar-refractivity contribution in [1.82, 2.24) is 15.2 Å². The van der Waals surface area contributed by atoms with Gasteiger partial charge in [-0.05, 0) is 55.0 Å². The number of nitrogens with zero attached hydrogens (tertiary/aromatic N) is 2. The molecule has 2 N–H and O–H groups in total. The minimum atomic E-state index is -0.115. The number of halogens is 1. The highest BCUT2D eigenvalue weighted by Gasteiger charge is 2.30. The molecular formula is C26H35ClN4O3. The summed E-state index contributed by atoms with van der Waals surface area (Å²) in [5, 5.41) is 6.66. The lowest BCUT2D eigenvalue weighted by molar-refractivity contribution is -0.121. The molecule has 34 heavy (non-hydrogen) atoms. The number of rotatable bonds is 11. The molecule has 7 nitrogen and oxygen atoms in total. The van der Waals surface area contributed by atoms with Crippen molar-refractivity contribution in [2.24, 2.45) is 5.41 Å². The van der Waals surface area contributed by atoms with Crippen molar-refractivity contribution in [3.8, 4) is 5.75 Å². The molecule has 1 aromatic heterocycles. The second kappa shape index (κ2) is 12.1. The molecule has 0 unspecified atom stereocenters. The summed E-state index contributed by atoms with van der Waals surface area (Å²) >= 11 is 6.31. The van der Waals surface area contributed by atoms with Gasteiger partial charge in [0.05, 0.1) is 0 Å². The standard InChI is InChI=1S/C26H35ClN4O3/c1-26(2,3)18-30-24(32)9-13-31(22-5-4-6-22)25(33)19-15-20(27)17-23(16-19)34-14-12-29-21-7-10-28-11-8-21/h7-8,10-11,15-17,22H,4-6,9,12-14,18H2,1-3H3,(H,28,29)(H,30,32). The number of carbonyl (C=O) groups excluding carboxylic acids is 2. The number of anilines is 1. The molecule has 0 atom stereocenters. The number of benzene rings is 1. The lowest BCUT2D eigenvalue weighted by atomic mass is 9.90. The third-order valence-electron chi connectivity index (χ3n) is 5.67. The summed E-state index contributed by atoms with van der Waals surface area (Å²) in [4.78, 5) is 31.5. The van der Waals surface area contributed by atoms with Crippen molar-refractivity contribution < 1.29 is 14.3 Å². The minimum Gasteiger partial charge on any atom is -0.492 e. The number of ether oxygens (including phenoxy) is 1. The highest BCUT2D eigenvalue weighted by molar-refractivity contribution is 6.31. The summed E-state index contributed by atoms with van der Waals surface area (Å²) in [6.07, 6.45) is 6.74. The van der Waals surface area contributed by atoms with E-state index in [2.05, 4.69) is 36.4 Å². The maximum Gasteiger partial charge on any atom is 0.254 e. The van der Waals surface area contributed by atoms with Crippen molar-refractivity contribution >= 4 is 29.1 Å². The number of carbonyl (C=O) groups is 2. The molecule has 0 spiro atoms. The van der Waals surface area contributed by atoms with Gasteiger partial charge in [0.25, 0.3) is 5.91 Å². The molecule has 3 rings (SSSR count). The molecule has 0 bridgehead atoms. The topological polar surface area (TPSA) is 83.6 Å². The van der Waals surface area contributed by atoms with Gasteiger partial charge in [0.1, 0.15) is 12.4 Å². The molecule has 1 aromatic carbocycles. The Labute approximate surface area is 207 Å². The lowest BCUT2D eigenvalue weighted by Gasteiger charge is -2.37. The van der Waals surface area contributed by atoms with E-state index in [1.807, 2.05) is 17.0 Å². The van der Waals surface area contributed by atoms with Crippen LogP contribution in [-0.2, 0) is 4.79 Å². The second-order valence-electron chi connectivity index (χ2n) is 9.86. The van der Waals surface area contributed by atoms with Crippen LogP contribution < -0.4 is 15.4 Å². The zero-order valence-electron chi connectivity index (χ0n) is 20.3. The quantitative estimate of drug-likeness (QED) is 0.447. The predicted octanol–water partition coefficient (Wildman–Crippen LogP) is 4.77. The lowest BCUT2D eigenvalue weighted by Crippen LogP contribution is -2.46. The molecule has 2 aromatic rings. The fraction of sp³-hybridized carbons (Fsp3) is 0.500. The number of pyridine rings is 1. The molecule has 1 heterocycles. The normalized spacial score (nSPS) is 13.6. The SMILES string of the molecule is CC(C)(C)CNC(=O)CCN(C(=O)c1cc(Cl)cc(OCCNc2ccncc2)c1)C1CCC1. The van der Waals surface area contributed by atoms with Gasteiger partial charge in [0.15, 0.2) is 0 Å². The summed E-state index contributed by atoms with van der Waals surface area (Å²) in [6, 6.07) is 9.03. The van der Waals surface area contributed by atoms with E-state index in [1.165, 1.54) is 0 Å². The van der Waals surface area contributed by atoms with Crippen molar-refractivity contribution in [3.05, 3.63) is 53.3 Å². The van der Waals surface area contributed by atoms with Crippen LogP contribution in [0.15, 0.2) is 42.7 Å². The Bertz CT molecular complexity index is 958. The largest absolute Gasteiger partial charge is 0.492 e. The average Bonchev–Trinajstić information content (AvgIpc) is 2.76. The zero-order valence-corrected chi connectivity index (χ0v) is 21.0. The Hall–Kier alpha value is -2.80. The maximum atomic E-state index is 13.4. The van der Waals surface area contributed by atoms with Crippen LogP contribution in [0.3, 0.4) is 0 Å². The van der Waals surface area contributed by atoms with E-state index in [0.717, 1.165) is 24.9 Å². The van der Waals surface area contributed by atoms with Crippen molar-refractivity contribution in [2.75, 3.05) is 31.6 Å². The smallest absolute Gasteiger partial charge is 0.254 e. The molecule has 184 valence electrons. The Kier molecular flexibility index (Phi) is 9.16. The first-order valence-corrected chi connectivity index (χ1v) is 12.2. The number of nitrogens with one attached hydrogen (secondary N) is 2. The van der Waals surface area contributed by atoms with Crippen LogP contribution in [0.4, 0.5) is 5.69 Å². The Balaban J connectivity index is 1.58. The van der Waals surface area contributed by atoms with Gasteiger partial charge in [-0.2, -0.15) is 0 Å². The Morgan fingerprint density at radius 1 is 1.18 bits per heavy atom. The van der Waals surface area contributed by atoms with Gasteiger partial charge in [0.2, 0.25) is 5.91 Å². The minimum absolute atomic E-state index is 0.0180. The van der Waals surface area contributed by atoms with E-state index in [0.29, 0.717) is 42.6 Å². The summed E-state index contributed by atoms with van der Waals surface area (Å²) in [6.45, 7) is 8.23. The number of aromatic nitrogens is 1. The number of hydrogen-bond donors (Lipinski definition) is 2. The molecule has 0 saturated heterocycles. The predicted molar refractivity (Wildman–Crippen MR) is 135 cm³/mol. The van der Waals surface area contributed by atoms with Gasteiger partial charge in [-0.1, -0.05) is 32.4 Å². The highest BCUT2D eigenvalue weighted by Crippen LogP contribution is 2.28. The molecule has 0 radical (unpaired) electrons. The molecule has 1 aliphatic carbocycles. The molecule has 8 heteroatoms. The summed E-state index contributed by atoms with van der Waals surface area (Å²) in [5.41, 5.74) is 1.46. The van der Waals surface area contributed by atoms with E-state index in [1.54, 1.807) is 30.6 Å². The molecule has 1 aliphatic rings. The third-order valence-corrected chi connectivity index (χ3v) is 5.89. The molecule has 0 aliphatic heterocycles. The fourth-order valence-electron chi connectivity index (χ4n) is 3.59. The maximum absolute atomic E-state index is 13.4. The van der Waals surface area contributed by atoms with Crippen molar-refractivity contribution in [2.45, 2.75) is 52.5 Å². The molecule has 2 amide bonds. The zero-order chi connectivity index (χ0) is 24.6. The van der Waals surface area contributed by atoms with Gasteiger partial charge in [-0.25, -0.2) is 0 Å². The van der Waals surface area contributed by atoms with Crippen LogP contribution >= 0.6 is 11.6 Å². The van der Waals surface area contributed by atoms with Crippen LogP contribution in [0, 0.1) is 5.41 Å². The first kappa shape index (κ1) is 25.8. The van der Waals surface area contributed by atoms with Gasteiger partial charge >= 0.3 is 0 Å². The van der Waals surface area contributed by atoms with Crippen molar-refractivity contribution in [1.29, 1.82) is 0 Å². The summed E-state index contributed by atoms with van der Waals surface area (Å²) in [5.74, 6) is 0.392. The van der Waals surface area contributed by atoms with Crippen LogP contribution in [0.1, 0.15) is 56.8 Å². The first-order chi connectivity index (χ1) is 16.2. The fourth-order valence-corrected chi connectivity index (χ4v) is 3.82. The Morgan fingerprint density at radius 2 is 1.91 bits per heavy atom. The van der Waals surface area contributed by atoms with Crippen molar-refractivity contribution in [3.63, 3.8) is 0 Å². The van der Waals surface area contributed by atoms with E-state index in [9.17, 15) is 9.59 Å². The third kappa shape index (κ3) is 8.20. The summed E-state index contributed by atoms with van der Waals surface area (Å²) in [7, 11) is 0. The monoisotopic (exact) mass is 486 g/mol.